The maximum atomic E-state index is 13.1. The van der Waals surface area contributed by atoms with E-state index in [1.807, 2.05) is 6.07 Å². The Bertz CT molecular complexity index is 589. The van der Waals surface area contributed by atoms with Gasteiger partial charge in [0.15, 0.2) is 0 Å². The van der Waals surface area contributed by atoms with Crippen molar-refractivity contribution in [1.29, 1.82) is 5.26 Å². The Morgan fingerprint density at radius 3 is 2.83 bits per heavy atom. The molecule has 0 aliphatic carbocycles. The van der Waals surface area contributed by atoms with Gasteiger partial charge >= 0.3 is 0 Å². The highest BCUT2D eigenvalue weighted by Crippen LogP contribution is 2.18. The quantitative estimate of drug-likeness (QED) is 0.928. The van der Waals surface area contributed by atoms with Gasteiger partial charge in [0.1, 0.15) is 16.8 Å². The van der Waals surface area contributed by atoms with Crippen LogP contribution in [0.4, 0.5) is 4.39 Å². The molecule has 0 aliphatic heterocycles. The van der Waals surface area contributed by atoms with Gasteiger partial charge in [-0.25, -0.2) is 4.39 Å². The van der Waals surface area contributed by atoms with Gasteiger partial charge in [0.25, 0.3) is 0 Å². The molecule has 1 heterocycles. The lowest BCUT2D eigenvalue weighted by Crippen LogP contribution is -2.12. The summed E-state index contributed by atoms with van der Waals surface area (Å²) in [6, 6.07) is 10.5. The van der Waals surface area contributed by atoms with E-state index in [2.05, 4.69) is 27.3 Å². The SMILES string of the molecule is N#Cc1ccc(CNCc2cc(F)ccc2Br)s1. The third kappa shape index (κ3) is 3.39. The highest BCUT2D eigenvalue weighted by Gasteiger charge is 2.03. The summed E-state index contributed by atoms with van der Waals surface area (Å²) in [5, 5.41) is 11.9. The minimum absolute atomic E-state index is 0.238. The molecule has 0 amide bonds. The van der Waals surface area contributed by atoms with Gasteiger partial charge in [-0.2, -0.15) is 5.26 Å². The second-order valence-corrected chi connectivity index (χ2v) is 5.74. The minimum Gasteiger partial charge on any atom is -0.308 e. The number of nitriles is 1. The first-order valence-corrected chi connectivity index (χ1v) is 6.93. The van der Waals surface area contributed by atoms with Crippen molar-refractivity contribution in [3.63, 3.8) is 0 Å². The van der Waals surface area contributed by atoms with Crippen molar-refractivity contribution >= 4 is 27.3 Å². The third-order valence-electron chi connectivity index (χ3n) is 2.39. The van der Waals surface area contributed by atoms with E-state index in [-0.39, 0.29) is 5.82 Å². The standard InChI is InChI=1S/C13H10BrFN2S/c14-13-4-1-10(15)5-9(13)7-17-8-12-3-2-11(6-16)18-12/h1-5,17H,7-8H2. The largest absolute Gasteiger partial charge is 0.308 e. The molecule has 92 valence electrons. The van der Waals surface area contributed by atoms with Crippen molar-refractivity contribution in [2.24, 2.45) is 0 Å². The maximum absolute atomic E-state index is 13.1. The molecule has 0 spiro atoms. The summed E-state index contributed by atoms with van der Waals surface area (Å²) in [6.45, 7) is 1.26. The normalized spacial score (nSPS) is 10.3. The summed E-state index contributed by atoms with van der Waals surface area (Å²) >= 11 is 4.85. The number of thiophene rings is 1. The Labute approximate surface area is 117 Å². The lowest BCUT2D eigenvalue weighted by Gasteiger charge is -2.06. The van der Waals surface area contributed by atoms with E-state index < -0.39 is 0 Å². The molecule has 0 atom stereocenters. The number of nitrogens with one attached hydrogen (secondary N) is 1. The number of nitrogens with zero attached hydrogens (tertiary/aromatic N) is 1. The topological polar surface area (TPSA) is 35.8 Å². The van der Waals surface area contributed by atoms with Gasteiger partial charge < -0.3 is 5.32 Å². The van der Waals surface area contributed by atoms with Gasteiger partial charge in [-0.1, -0.05) is 15.9 Å². The molecule has 0 saturated heterocycles. The predicted molar refractivity (Wildman–Crippen MR) is 73.7 cm³/mol. The molecular weight excluding hydrogens is 315 g/mol. The Morgan fingerprint density at radius 1 is 1.28 bits per heavy atom. The Balaban J connectivity index is 1.92. The van der Waals surface area contributed by atoms with Crippen molar-refractivity contribution in [2.75, 3.05) is 0 Å². The average Bonchev–Trinajstić information content (AvgIpc) is 2.81. The van der Waals surface area contributed by atoms with E-state index in [4.69, 9.17) is 5.26 Å². The van der Waals surface area contributed by atoms with Crippen molar-refractivity contribution in [2.45, 2.75) is 13.1 Å². The zero-order valence-corrected chi connectivity index (χ0v) is 11.8. The zero-order valence-electron chi connectivity index (χ0n) is 9.41. The molecule has 1 aromatic heterocycles. The second kappa shape index (κ2) is 6.10. The molecule has 0 bridgehead atoms. The molecule has 2 nitrogen and oxygen atoms in total. The highest BCUT2D eigenvalue weighted by atomic mass is 79.9. The summed E-state index contributed by atoms with van der Waals surface area (Å²) in [6.07, 6.45) is 0. The third-order valence-corrected chi connectivity index (χ3v) is 4.16. The molecular formula is C13H10BrFN2S. The first-order chi connectivity index (χ1) is 8.69. The van der Waals surface area contributed by atoms with E-state index in [1.165, 1.54) is 23.5 Å². The second-order valence-electron chi connectivity index (χ2n) is 3.72. The summed E-state index contributed by atoms with van der Waals surface area (Å²) in [5.41, 5.74) is 0.882. The van der Waals surface area contributed by atoms with Crippen LogP contribution in [-0.2, 0) is 13.1 Å². The van der Waals surface area contributed by atoms with Crippen LogP contribution in [-0.4, -0.2) is 0 Å². The number of hydrogen-bond acceptors (Lipinski definition) is 3. The fourth-order valence-electron chi connectivity index (χ4n) is 1.53. The first kappa shape index (κ1) is 13.2. The summed E-state index contributed by atoms with van der Waals surface area (Å²) in [7, 11) is 0. The number of halogens is 2. The van der Waals surface area contributed by atoms with Gasteiger partial charge in [-0.3, -0.25) is 0 Å². The van der Waals surface area contributed by atoms with Crippen molar-refractivity contribution in [3.8, 4) is 6.07 Å². The van der Waals surface area contributed by atoms with E-state index in [0.29, 0.717) is 18.0 Å². The fraction of sp³-hybridized carbons (Fsp3) is 0.154. The van der Waals surface area contributed by atoms with Crippen LogP contribution < -0.4 is 5.32 Å². The molecule has 0 saturated carbocycles. The molecule has 18 heavy (non-hydrogen) atoms. The monoisotopic (exact) mass is 324 g/mol. The Hall–Kier alpha value is -1.22. The van der Waals surface area contributed by atoms with Gasteiger partial charge in [0.05, 0.1) is 0 Å². The molecule has 0 fully saturated rings. The smallest absolute Gasteiger partial charge is 0.123 e. The van der Waals surface area contributed by atoms with E-state index in [0.717, 1.165) is 14.9 Å². The molecule has 0 aliphatic rings. The van der Waals surface area contributed by atoms with Crippen LogP contribution in [0.5, 0.6) is 0 Å². The van der Waals surface area contributed by atoms with Gasteiger partial charge in [0, 0.05) is 22.4 Å². The van der Waals surface area contributed by atoms with E-state index in [9.17, 15) is 4.39 Å². The lowest BCUT2D eigenvalue weighted by atomic mass is 10.2. The first-order valence-electron chi connectivity index (χ1n) is 5.32. The van der Waals surface area contributed by atoms with Crippen molar-refractivity contribution < 1.29 is 4.39 Å². The van der Waals surface area contributed by atoms with E-state index >= 15 is 0 Å². The summed E-state index contributed by atoms with van der Waals surface area (Å²) in [5.74, 6) is -0.238. The Morgan fingerprint density at radius 2 is 2.11 bits per heavy atom. The molecule has 5 heteroatoms. The molecule has 2 aromatic rings. The van der Waals surface area contributed by atoms with Crippen LogP contribution in [0.15, 0.2) is 34.8 Å². The van der Waals surface area contributed by atoms with Gasteiger partial charge in [0.2, 0.25) is 0 Å². The number of benzene rings is 1. The van der Waals surface area contributed by atoms with Gasteiger partial charge in [-0.15, -0.1) is 11.3 Å². The van der Waals surface area contributed by atoms with Crippen molar-refractivity contribution in [1.82, 2.24) is 5.32 Å². The van der Waals surface area contributed by atoms with Crippen LogP contribution in [0, 0.1) is 17.1 Å². The van der Waals surface area contributed by atoms with Crippen LogP contribution in [0.1, 0.15) is 15.3 Å². The molecule has 2 rings (SSSR count). The molecule has 0 radical (unpaired) electrons. The highest BCUT2D eigenvalue weighted by molar-refractivity contribution is 9.10. The molecule has 0 unspecified atom stereocenters. The zero-order chi connectivity index (χ0) is 13.0. The van der Waals surface area contributed by atoms with Crippen LogP contribution in [0.3, 0.4) is 0 Å². The molecule has 1 N–H and O–H groups in total. The van der Waals surface area contributed by atoms with E-state index in [1.54, 1.807) is 12.1 Å². The predicted octanol–water partition coefficient (Wildman–Crippen LogP) is 3.81. The minimum atomic E-state index is -0.238. The summed E-state index contributed by atoms with van der Waals surface area (Å²) in [4.78, 5) is 1.80. The maximum Gasteiger partial charge on any atom is 0.123 e. The summed E-state index contributed by atoms with van der Waals surface area (Å²) < 4.78 is 14.0. The van der Waals surface area contributed by atoms with Crippen LogP contribution in [0.25, 0.3) is 0 Å². The number of rotatable bonds is 4. The average molecular weight is 325 g/mol. The van der Waals surface area contributed by atoms with Crippen molar-refractivity contribution in [3.05, 3.63) is 55.9 Å². The van der Waals surface area contributed by atoms with Crippen LogP contribution in [0.2, 0.25) is 0 Å². The van der Waals surface area contributed by atoms with Gasteiger partial charge in [-0.05, 0) is 35.9 Å². The number of hydrogen-bond donors (Lipinski definition) is 1. The lowest BCUT2D eigenvalue weighted by molar-refractivity contribution is 0.620. The molecule has 1 aromatic carbocycles. The Kier molecular flexibility index (Phi) is 4.48. The van der Waals surface area contributed by atoms with Crippen LogP contribution >= 0.6 is 27.3 Å². The fourth-order valence-corrected chi connectivity index (χ4v) is 2.69.